The molecule has 0 aromatic heterocycles. The number of aliphatic imine (C=N–C) groups is 1. The molecule has 1 saturated heterocycles. The molecule has 5 nitrogen and oxygen atoms in total. The molecule has 0 radical (unpaired) electrons. The molecule has 27 heavy (non-hydrogen) atoms. The SMILES string of the molecule is CCN=C(NC1CC1c1ccc(Br)cc1)N1CCC(COCCOC)C1.I. The quantitative estimate of drug-likeness (QED) is 0.230. The second-order valence-electron chi connectivity index (χ2n) is 7.11. The fourth-order valence-electron chi connectivity index (χ4n) is 3.54. The second-order valence-corrected chi connectivity index (χ2v) is 8.03. The van der Waals surface area contributed by atoms with Gasteiger partial charge in [-0.25, -0.2) is 0 Å². The van der Waals surface area contributed by atoms with Crippen LogP contribution in [0.2, 0.25) is 0 Å². The van der Waals surface area contributed by atoms with Crippen molar-refractivity contribution in [2.45, 2.75) is 31.7 Å². The second kappa shape index (κ2) is 11.6. The maximum absolute atomic E-state index is 5.71. The predicted molar refractivity (Wildman–Crippen MR) is 124 cm³/mol. The molecule has 3 rings (SSSR count). The summed E-state index contributed by atoms with van der Waals surface area (Å²) in [6.45, 7) is 7.14. The Bertz CT molecular complexity index is 599. The Kier molecular flexibility index (Phi) is 9.82. The van der Waals surface area contributed by atoms with E-state index in [-0.39, 0.29) is 24.0 Å². The first-order valence-corrected chi connectivity index (χ1v) is 10.4. The number of nitrogens with one attached hydrogen (secondary N) is 1. The maximum atomic E-state index is 5.71. The Labute approximate surface area is 188 Å². The zero-order chi connectivity index (χ0) is 18.4. The van der Waals surface area contributed by atoms with Crippen molar-refractivity contribution in [2.75, 3.05) is 46.6 Å². The predicted octanol–water partition coefficient (Wildman–Crippen LogP) is 3.87. The molecule has 1 heterocycles. The third kappa shape index (κ3) is 6.87. The fourth-order valence-corrected chi connectivity index (χ4v) is 3.80. The van der Waals surface area contributed by atoms with Crippen molar-refractivity contribution in [3.63, 3.8) is 0 Å². The molecule has 0 bridgehead atoms. The molecule has 1 N–H and O–H groups in total. The molecule has 152 valence electrons. The average Bonchev–Trinajstić information content (AvgIpc) is 3.25. The van der Waals surface area contributed by atoms with Gasteiger partial charge in [-0.2, -0.15) is 0 Å². The Morgan fingerprint density at radius 1 is 1.30 bits per heavy atom. The fraction of sp³-hybridized carbons (Fsp3) is 0.650. The van der Waals surface area contributed by atoms with Crippen molar-refractivity contribution in [1.82, 2.24) is 10.2 Å². The first kappa shape index (κ1) is 22.9. The van der Waals surface area contributed by atoms with E-state index in [4.69, 9.17) is 14.5 Å². The van der Waals surface area contributed by atoms with Gasteiger partial charge < -0.3 is 19.7 Å². The lowest BCUT2D eigenvalue weighted by molar-refractivity contribution is 0.0536. The highest BCUT2D eigenvalue weighted by Gasteiger charge is 2.40. The highest BCUT2D eigenvalue weighted by Crippen LogP contribution is 2.41. The molecule has 1 aromatic carbocycles. The van der Waals surface area contributed by atoms with Crippen molar-refractivity contribution < 1.29 is 9.47 Å². The lowest BCUT2D eigenvalue weighted by atomic mass is 10.1. The topological polar surface area (TPSA) is 46.1 Å². The highest BCUT2D eigenvalue weighted by molar-refractivity contribution is 14.0. The summed E-state index contributed by atoms with van der Waals surface area (Å²) in [5.74, 6) is 2.25. The lowest BCUT2D eigenvalue weighted by Gasteiger charge is -2.22. The van der Waals surface area contributed by atoms with Crippen LogP contribution in [-0.2, 0) is 9.47 Å². The first-order chi connectivity index (χ1) is 12.7. The molecule has 0 spiro atoms. The number of nitrogens with zero attached hydrogens (tertiary/aromatic N) is 2. The van der Waals surface area contributed by atoms with Gasteiger partial charge in [0.15, 0.2) is 5.96 Å². The van der Waals surface area contributed by atoms with Crippen LogP contribution in [0.15, 0.2) is 33.7 Å². The molecule has 1 aliphatic heterocycles. The Morgan fingerprint density at radius 2 is 2.07 bits per heavy atom. The summed E-state index contributed by atoms with van der Waals surface area (Å²) in [7, 11) is 1.71. The molecule has 2 aliphatic rings. The van der Waals surface area contributed by atoms with Crippen molar-refractivity contribution in [3.05, 3.63) is 34.3 Å². The maximum Gasteiger partial charge on any atom is 0.194 e. The van der Waals surface area contributed by atoms with E-state index in [1.807, 2.05) is 0 Å². The summed E-state index contributed by atoms with van der Waals surface area (Å²) in [6.07, 6.45) is 2.35. The summed E-state index contributed by atoms with van der Waals surface area (Å²) in [5.41, 5.74) is 1.41. The summed E-state index contributed by atoms with van der Waals surface area (Å²) < 4.78 is 11.9. The van der Waals surface area contributed by atoms with Gasteiger partial charge in [0.1, 0.15) is 0 Å². The van der Waals surface area contributed by atoms with Gasteiger partial charge in [0, 0.05) is 49.1 Å². The number of hydrogen-bond acceptors (Lipinski definition) is 3. The largest absolute Gasteiger partial charge is 0.382 e. The van der Waals surface area contributed by atoms with Gasteiger partial charge in [0.05, 0.1) is 19.8 Å². The number of methoxy groups -OCH3 is 1. The van der Waals surface area contributed by atoms with Crippen LogP contribution in [0.3, 0.4) is 0 Å². The summed E-state index contributed by atoms with van der Waals surface area (Å²) in [5, 5.41) is 3.70. The van der Waals surface area contributed by atoms with Crippen LogP contribution in [0.1, 0.15) is 31.2 Å². The first-order valence-electron chi connectivity index (χ1n) is 9.59. The van der Waals surface area contributed by atoms with Crippen LogP contribution < -0.4 is 5.32 Å². The normalized spacial score (nSPS) is 24.6. The third-order valence-electron chi connectivity index (χ3n) is 5.08. The lowest BCUT2D eigenvalue weighted by Crippen LogP contribution is -2.42. The van der Waals surface area contributed by atoms with E-state index < -0.39 is 0 Å². The minimum Gasteiger partial charge on any atom is -0.382 e. The molecule has 3 atom stereocenters. The van der Waals surface area contributed by atoms with Crippen molar-refractivity contribution in [2.24, 2.45) is 10.9 Å². The van der Waals surface area contributed by atoms with Gasteiger partial charge in [0.25, 0.3) is 0 Å². The van der Waals surface area contributed by atoms with Crippen molar-refractivity contribution in [3.8, 4) is 0 Å². The third-order valence-corrected chi connectivity index (χ3v) is 5.61. The number of guanidine groups is 1. The van der Waals surface area contributed by atoms with E-state index >= 15 is 0 Å². The Balaban J connectivity index is 0.00000261. The highest BCUT2D eigenvalue weighted by atomic mass is 127. The van der Waals surface area contributed by atoms with Crippen LogP contribution in [0.5, 0.6) is 0 Å². The molecule has 1 aromatic rings. The molecule has 7 heteroatoms. The van der Waals surface area contributed by atoms with Crippen LogP contribution in [0.4, 0.5) is 0 Å². The smallest absolute Gasteiger partial charge is 0.194 e. The van der Waals surface area contributed by atoms with E-state index in [0.717, 1.165) is 43.1 Å². The molecule has 0 amide bonds. The molecule has 3 unspecified atom stereocenters. The van der Waals surface area contributed by atoms with E-state index in [0.29, 0.717) is 31.1 Å². The Hall–Kier alpha value is -0.380. The zero-order valence-electron chi connectivity index (χ0n) is 16.2. The monoisotopic (exact) mass is 551 g/mol. The standard InChI is InChI=1S/C20H30BrN3O2.HI/c1-3-22-20(24-9-8-15(13-24)14-26-11-10-25-2)23-19-12-18(19)16-4-6-17(21)7-5-16;/h4-7,15,18-19H,3,8-14H2,1-2H3,(H,22,23);1H. The number of benzene rings is 1. The van der Waals surface area contributed by atoms with Crippen LogP contribution >= 0.6 is 39.9 Å². The molecular formula is C20H31BrIN3O2. The van der Waals surface area contributed by atoms with E-state index in [1.54, 1.807) is 7.11 Å². The minimum atomic E-state index is 0. The number of ether oxygens (including phenoxy) is 2. The van der Waals surface area contributed by atoms with E-state index in [9.17, 15) is 0 Å². The van der Waals surface area contributed by atoms with Gasteiger partial charge >= 0.3 is 0 Å². The number of likely N-dealkylation sites (tertiary alicyclic amines) is 1. The minimum absolute atomic E-state index is 0. The summed E-state index contributed by atoms with van der Waals surface area (Å²) in [4.78, 5) is 7.13. The van der Waals surface area contributed by atoms with Crippen LogP contribution in [0.25, 0.3) is 0 Å². The zero-order valence-corrected chi connectivity index (χ0v) is 20.1. The van der Waals surface area contributed by atoms with Gasteiger partial charge in [-0.05, 0) is 37.5 Å². The van der Waals surface area contributed by atoms with Crippen LogP contribution in [-0.4, -0.2) is 63.5 Å². The molecular weight excluding hydrogens is 521 g/mol. The molecule has 1 saturated carbocycles. The van der Waals surface area contributed by atoms with Gasteiger partial charge in [-0.15, -0.1) is 24.0 Å². The van der Waals surface area contributed by atoms with E-state index in [2.05, 4.69) is 57.3 Å². The molecule has 1 aliphatic carbocycles. The molecule has 2 fully saturated rings. The van der Waals surface area contributed by atoms with Crippen molar-refractivity contribution in [1.29, 1.82) is 0 Å². The Morgan fingerprint density at radius 3 is 2.78 bits per heavy atom. The van der Waals surface area contributed by atoms with E-state index in [1.165, 1.54) is 12.0 Å². The summed E-state index contributed by atoms with van der Waals surface area (Å²) >= 11 is 3.51. The summed E-state index contributed by atoms with van der Waals surface area (Å²) in [6, 6.07) is 9.19. The van der Waals surface area contributed by atoms with Gasteiger partial charge in [-0.3, -0.25) is 4.99 Å². The number of halogens is 2. The number of hydrogen-bond donors (Lipinski definition) is 1. The van der Waals surface area contributed by atoms with Gasteiger partial charge in [0.2, 0.25) is 0 Å². The van der Waals surface area contributed by atoms with Crippen LogP contribution in [0, 0.1) is 5.92 Å². The van der Waals surface area contributed by atoms with Gasteiger partial charge in [-0.1, -0.05) is 28.1 Å². The number of rotatable bonds is 8. The average molecular weight is 552 g/mol. The van der Waals surface area contributed by atoms with Crippen molar-refractivity contribution >= 4 is 45.9 Å².